The Bertz CT molecular complexity index is 680. The lowest BCUT2D eigenvalue weighted by Gasteiger charge is -2.22. The zero-order chi connectivity index (χ0) is 16.2. The highest BCUT2D eigenvalue weighted by molar-refractivity contribution is 7.89. The van der Waals surface area contributed by atoms with E-state index in [1.807, 2.05) is 6.07 Å². The van der Waals surface area contributed by atoms with Crippen LogP contribution in [0.1, 0.15) is 19.4 Å². The number of hydrogen-bond donors (Lipinski definition) is 1. The van der Waals surface area contributed by atoms with Crippen molar-refractivity contribution in [2.75, 3.05) is 13.1 Å². The van der Waals surface area contributed by atoms with Crippen LogP contribution < -0.4 is 0 Å². The van der Waals surface area contributed by atoms with Gasteiger partial charge in [-0.15, -0.1) is 0 Å². The maximum atomic E-state index is 12.5. The van der Waals surface area contributed by atoms with E-state index in [0.717, 1.165) is 4.31 Å². The van der Waals surface area contributed by atoms with Gasteiger partial charge in [0.25, 0.3) is 0 Å². The maximum Gasteiger partial charge on any atom is 0.318 e. The first-order chi connectivity index (χ1) is 9.68. The van der Waals surface area contributed by atoms with Crippen molar-refractivity contribution >= 4 is 27.6 Å². The molecule has 0 aliphatic heterocycles. The topological polar surface area (TPSA) is 98.5 Å². The Morgan fingerprint density at radius 2 is 2.10 bits per heavy atom. The fourth-order valence-corrected chi connectivity index (χ4v) is 3.80. The highest BCUT2D eigenvalue weighted by Crippen LogP contribution is 2.26. The van der Waals surface area contributed by atoms with Gasteiger partial charge < -0.3 is 5.11 Å². The summed E-state index contributed by atoms with van der Waals surface area (Å²) in [7, 11) is -4.04. The van der Waals surface area contributed by atoms with Gasteiger partial charge in [0.15, 0.2) is 0 Å². The van der Waals surface area contributed by atoms with E-state index in [1.54, 1.807) is 13.8 Å². The van der Waals surface area contributed by atoms with Gasteiger partial charge in [-0.3, -0.25) is 4.79 Å². The second-order valence-corrected chi connectivity index (χ2v) is 7.16. The van der Waals surface area contributed by atoms with Crippen LogP contribution in [0.25, 0.3) is 0 Å². The van der Waals surface area contributed by atoms with Crippen molar-refractivity contribution in [1.29, 1.82) is 5.26 Å². The number of carboxylic acid groups (broad SMARTS) is 1. The SMILES string of the molecule is CC(C)CN(CC(=O)O)S(=O)(=O)c1ccc(C#N)cc1Cl. The minimum atomic E-state index is -4.04. The number of rotatable bonds is 6. The molecule has 21 heavy (non-hydrogen) atoms. The number of nitriles is 1. The van der Waals surface area contributed by atoms with E-state index < -0.39 is 22.5 Å². The average Bonchev–Trinajstić information content (AvgIpc) is 2.36. The Hall–Kier alpha value is -1.62. The highest BCUT2D eigenvalue weighted by atomic mass is 35.5. The van der Waals surface area contributed by atoms with Gasteiger partial charge in [-0.2, -0.15) is 9.57 Å². The van der Waals surface area contributed by atoms with E-state index in [2.05, 4.69) is 0 Å². The molecule has 0 amide bonds. The molecule has 0 radical (unpaired) electrons. The van der Waals surface area contributed by atoms with E-state index >= 15 is 0 Å². The van der Waals surface area contributed by atoms with Gasteiger partial charge in [-0.1, -0.05) is 25.4 Å². The third-order valence-corrected chi connectivity index (χ3v) is 4.85. The first kappa shape index (κ1) is 17.4. The fraction of sp³-hybridized carbons (Fsp3) is 0.385. The second-order valence-electron chi connectivity index (χ2n) is 4.84. The van der Waals surface area contributed by atoms with Crippen molar-refractivity contribution in [3.05, 3.63) is 28.8 Å². The lowest BCUT2D eigenvalue weighted by atomic mass is 10.2. The van der Waals surface area contributed by atoms with Gasteiger partial charge in [-0.25, -0.2) is 8.42 Å². The Balaban J connectivity index is 3.28. The second kappa shape index (κ2) is 6.89. The number of benzene rings is 1. The molecule has 0 spiro atoms. The maximum absolute atomic E-state index is 12.5. The lowest BCUT2D eigenvalue weighted by Crippen LogP contribution is -2.38. The summed E-state index contributed by atoms with van der Waals surface area (Å²) < 4.78 is 25.9. The van der Waals surface area contributed by atoms with Gasteiger partial charge in [0, 0.05) is 6.54 Å². The molecule has 1 rings (SSSR count). The van der Waals surface area contributed by atoms with Gasteiger partial charge in [0.05, 0.1) is 16.7 Å². The molecular weight excluding hydrogens is 316 g/mol. The molecule has 0 aliphatic rings. The molecule has 114 valence electrons. The molecule has 0 heterocycles. The minimum absolute atomic E-state index is 0.0451. The van der Waals surface area contributed by atoms with Crippen LogP contribution in [-0.2, 0) is 14.8 Å². The number of aliphatic carboxylic acids is 1. The van der Waals surface area contributed by atoms with E-state index in [0.29, 0.717) is 0 Å². The fourth-order valence-electron chi connectivity index (χ4n) is 1.72. The lowest BCUT2D eigenvalue weighted by molar-refractivity contribution is -0.137. The van der Waals surface area contributed by atoms with Gasteiger partial charge >= 0.3 is 5.97 Å². The molecule has 0 bridgehead atoms. The van der Waals surface area contributed by atoms with E-state index in [-0.39, 0.29) is 27.9 Å². The van der Waals surface area contributed by atoms with Crippen molar-refractivity contribution in [1.82, 2.24) is 4.31 Å². The molecule has 8 heteroatoms. The molecule has 1 aromatic carbocycles. The molecule has 6 nitrogen and oxygen atoms in total. The standard InChI is InChI=1S/C13H15ClN2O4S/c1-9(2)7-16(8-13(17)18)21(19,20)12-4-3-10(6-15)5-11(12)14/h3-5,9H,7-8H2,1-2H3,(H,17,18). The molecule has 0 aromatic heterocycles. The number of hydrogen-bond acceptors (Lipinski definition) is 4. The number of sulfonamides is 1. The van der Waals surface area contributed by atoms with Gasteiger partial charge in [0.1, 0.15) is 11.4 Å². The average molecular weight is 331 g/mol. The van der Waals surface area contributed by atoms with Crippen LogP contribution in [0.5, 0.6) is 0 Å². The Morgan fingerprint density at radius 1 is 1.48 bits per heavy atom. The summed E-state index contributed by atoms with van der Waals surface area (Å²) in [5.41, 5.74) is 0.229. The van der Waals surface area contributed by atoms with Crippen molar-refractivity contribution < 1.29 is 18.3 Å². The summed E-state index contributed by atoms with van der Waals surface area (Å²) in [6.45, 7) is 2.98. The molecular formula is C13H15ClN2O4S. The third-order valence-electron chi connectivity index (χ3n) is 2.56. The Kier molecular flexibility index (Phi) is 5.72. The molecule has 0 saturated heterocycles. The monoisotopic (exact) mass is 330 g/mol. The minimum Gasteiger partial charge on any atom is -0.480 e. The molecule has 0 atom stereocenters. The molecule has 1 N–H and O–H groups in total. The van der Waals surface area contributed by atoms with Crippen LogP contribution in [0.15, 0.2) is 23.1 Å². The van der Waals surface area contributed by atoms with E-state index in [1.165, 1.54) is 18.2 Å². The van der Waals surface area contributed by atoms with Crippen molar-refractivity contribution in [2.45, 2.75) is 18.7 Å². The smallest absolute Gasteiger partial charge is 0.318 e. The summed E-state index contributed by atoms with van der Waals surface area (Å²) in [5.74, 6) is -1.29. The van der Waals surface area contributed by atoms with E-state index in [9.17, 15) is 13.2 Å². The van der Waals surface area contributed by atoms with Crippen molar-refractivity contribution in [2.24, 2.45) is 5.92 Å². The normalized spacial score (nSPS) is 11.6. The van der Waals surface area contributed by atoms with Crippen LogP contribution in [0.4, 0.5) is 0 Å². The van der Waals surface area contributed by atoms with Gasteiger partial charge in [-0.05, 0) is 24.1 Å². The van der Waals surface area contributed by atoms with Crippen molar-refractivity contribution in [3.63, 3.8) is 0 Å². The number of nitrogens with zero attached hydrogens (tertiary/aromatic N) is 2. The van der Waals surface area contributed by atoms with Gasteiger partial charge in [0.2, 0.25) is 10.0 Å². The molecule has 0 unspecified atom stereocenters. The predicted octanol–water partition coefficient (Wildman–Crippen LogP) is 1.94. The number of carbonyl (C=O) groups is 1. The first-order valence-corrected chi connectivity index (χ1v) is 7.92. The number of halogens is 1. The molecule has 1 aromatic rings. The largest absolute Gasteiger partial charge is 0.480 e. The molecule has 0 aliphatic carbocycles. The third kappa shape index (κ3) is 4.43. The predicted molar refractivity (Wildman–Crippen MR) is 77.4 cm³/mol. The van der Waals surface area contributed by atoms with Crippen molar-refractivity contribution in [3.8, 4) is 6.07 Å². The van der Waals surface area contributed by atoms with Crippen LogP contribution in [-0.4, -0.2) is 36.9 Å². The van der Waals surface area contributed by atoms with Crippen LogP contribution >= 0.6 is 11.6 Å². The van der Waals surface area contributed by atoms with Crippen LogP contribution in [0, 0.1) is 17.2 Å². The zero-order valence-corrected chi connectivity index (χ0v) is 13.1. The molecule has 0 saturated carbocycles. The van der Waals surface area contributed by atoms with E-state index in [4.69, 9.17) is 22.0 Å². The Labute approximate surface area is 128 Å². The summed E-state index contributed by atoms with van der Waals surface area (Å²) in [6, 6.07) is 5.63. The van der Waals surface area contributed by atoms with Crippen LogP contribution in [0.2, 0.25) is 5.02 Å². The summed E-state index contributed by atoms with van der Waals surface area (Å²) >= 11 is 5.91. The van der Waals surface area contributed by atoms with Crippen LogP contribution in [0.3, 0.4) is 0 Å². The summed E-state index contributed by atoms with van der Waals surface area (Å²) in [5, 5.41) is 17.5. The zero-order valence-electron chi connectivity index (χ0n) is 11.6. The highest BCUT2D eigenvalue weighted by Gasteiger charge is 2.29. The molecule has 0 fully saturated rings. The number of carboxylic acids is 1. The Morgan fingerprint density at radius 3 is 2.52 bits per heavy atom. The summed E-state index contributed by atoms with van der Waals surface area (Å²) in [6.07, 6.45) is 0. The summed E-state index contributed by atoms with van der Waals surface area (Å²) in [4.78, 5) is 10.7. The first-order valence-electron chi connectivity index (χ1n) is 6.10. The quantitative estimate of drug-likeness (QED) is 0.859.